The van der Waals surface area contributed by atoms with Crippen molar-refractivity contribution in [2.24, 2.45) is 5.73 Å². The molecule has 0 saturated heterocycles. The van der Waals surface area contributed by atoms with Crippen LogP contribution in [0.15, 0.2) is 36.4 Å². The summed E-state index contributed by atoms with van der Waals surface area (Å²) in [5.41, 5.74) is 7.25. The summed E-state index contributed by atoms with van der Waals surface area (Å²) in [5.74, 6) is -1.01. The minimum absolute atomic E-state index is 0. The molecule has 96 valence electrons. The minimum atomic E-state index is -1.01. The van der Waals surface area contributed by atoms with E-state index in [9.17, 15) is 4.79 Å². The lowest BCUT2D eigenvalue weighted by Gasteiger charge is -2.11. The van der Waals surface area contributed by atoms with E-state index in [4.69, 9.17) is 10.8 Å². The summed E-state index contributed by atoms with van der Waals surface area (Å²) in [4.78, 5) is 13.2. The average molecular weight is 284 g/mol. The maximum atomic E-state index is 11.0. The fourth-order valence-corrected chi connectivity index (χ4v) is 2.62. The molecule has 0 bridgehead atoms. The van der Waals surface area contributed by atoms with E-state index in [1.165, 1.54) is 4.88 Å². The topological polar surface area (TPSA) is 63.3 Å². The molecule has 1 aromatic carbocycles. The van der Waals surface area contributed by atoms with E-state index in [1.54, 1.807) is 17.4 Å². The number of hydrogen-bond donors (Lipinski definition) is 2. The summed E-state index contributed by atoms with van der Waals surface area (Å²) in [6.45, 7) is 2.02. The molecule has 0 aliphatic rings. The minimum Gasteiger partial charge on any atom is -0.480 e. The number of thiophene rings is 1. The molecule has 2 aromatic rings. The van der Waals surface area contributed by atoms with Gasteiger partial charge in [0.05, 0.1) is 0 Å². The van der Waals surface area contributed by atoms with Crippen LogP contribution in [0.2, 0.25) is 0 Å². The zero-order chi connectivity index (χ0) is 12.4. The summed E-state index contributed by atoms with van der Waals surface area (Å²) in [6.07, 6.45) is 0. The summed E-state index contributed by atoms with van der Waals surface area (Å²) < 4.78 is 0. The molecule has 1 heterocycles. The van der Waals surface area contributed by atoms with Crippen molar-refractivity contribution in [1.29, 1.82) is 0 Å². The quantitative estimate of drug-likeness (QED) is 0.909. The van der Waals surface area contributed by atoms with Crippen molar-refractivity contribution >= 4 is 29.7 Å². The molecule has 0 saturated carbocycles. The van der Waals surface area contributed by atoms with Gasteiger partial charge in [-0.1, -0.05) is 24.3 Å². The van der Waals surface area contributed by atoms with Crippen molar-refractivity contribution < 1.29 is 9.90 Å². The van der Waals surface area contributed by atoms with E-state index in [1.807, 2.05) is 37.3 Å². The number of aryl methyl sites for hydroxylation is 1. The molecule has 0 fully saturated rings. The zero-order valence-electron chi connectivity index (χ0n) is 9.79. The number of carbonyl (C=O) groups is 1. The van der Waals surface area contributed by atoms with Gasteiger partial charge in [-0.2, -0.15) is 0 Å². The fourth-order valence-electron chi connectivity index (χ4n) is 1.70. The molecule has 1 unspecified atom stereocenters. The molecule has 1 atom stereocenters. The van der Waals surface area contributed by atoms with Crippen molar-refractivity contribution in [2.75, 3.05) is 0 Å². The number of benzene rings is 1. The lowest BCUT2D eigenvalue weighted by molar-refractivity contribution is -0.138. The van der Waals surface area contributed by atoms with Gasteiger partial charge in [0.25, 0.3) is 0 Å². The first-order chi connectivity index (χ1) is 8.09. The number of aliphatic carboxylic acids is 1. The van der Waals surface area contributed by atoms with Gasteiger partial charge in [-0.15, -0.1) is 23.7 Å². The molecule has 3 N–H and O–H groups in total. The van der Waals surface area contributed by atoms with Gasteiger partial charge >= 0.3 is 5.97 Å². The van der Waals surface area contributed by atoms with Crippen molar-refractivity contribution in [1.82, 2.24) is 0 Å². The van der Waals surface area contributed by atoms with E-state index < -0.39 is 12.0 Å². The molecular weight excluding hydrogens is 270 g/mol. The highest BCUT2D eigenvalue weighted by Crippen LogP contribution is 2.32. The highest BCUT2D eigenvalue weighted by atomic mass is 35.5. The van der Waals surface area contributed by atoms with Gasteiger partial charge < -0.3 is 10.8 Å². The first-order valence-corrected chi connectivity index (χ1v) is 6.05. The molecule has 1 aromatic heterocycles. The second-order valence-electron chi connectivity index (χ2n) is 3.81. The average Bonchev–Trinajstić information content (AvgIpc) is 2.74. The van der Waals surface area contributed by atoms with Crippen molar-refractivity contribution in [3.8, 4) is 10.4 Å². The van der Waals surface area contributed by atoms with Crippen molar-refractivity contribution in [2.45, 2.75) is 13.0 Å². The lowest BCUT2D eigenvalue weighted by atomic mass is 10.00. The number of hydrogen-bond acceptors (Lipinski definition) is 3. The Morgan fingerprint density at radius 3 is 2.50 bits per heavy atom. The molecule has 0 aliphatic carbocycles. The summed E-state index contributed by atoms with van der Waals surface area (Å²) in [6, 6.07) is 10.4. The van der Waals surface area contributed by atoms with Crippen LogP contribution in [0.25, 0.3) is 10.4 Å². The van der Waals surface area contributed by atoms with Gasteiger partial charge in [0, 0.05) is 9.75 Å². The summed E-state index contributed by atoms with van der Waals surface area (Å²) in [5, 5.41) is 8.99. The molecule has 0 spiro atoms. The maximum Gasteiger partial charge on any atom is 0.325 e. The molecule has 0 radical (unpaired) electrons. The van der Waals surface area contributed by atoms with E-state index in [0.717, 1.165) is 10.4 Å². The van der Waals surface area contributed by atoms with Crippen LogP contribution < -0.4 is 5.73 Å². The van der Waals surface area contributed by atoms with Gasteiger partial charge in [0.15, 0.2) is 0 Å². The van der Waals surface area contributed by atoms with E-state index in [2.05, 4.69) is 0 Å². The van der Waals surface area contributed by atoms with Crippen LogP contribution in [0.3, 0.4) is 0 Å². The van der Waals surface area contributed by atoms with E-state index >= 15 is 0 Å². The van der Waals surface area contributed by atoms with E-state index in [0.29, 0.717) is 5.56 Å². The molecule has 2 rings (SSSR count). The van der Waals surface area contributed by atoms with Gasteiger partial charge in [0.1, 0.15) is 6.04 Å². The number of rotatable bonds is 3. The number of halogens is 1. The molecule has 3 nitrogen and oxygen atoms in total. The molecule has 18 heavy (non-hydrogen) atoms. The van der Waals surface area contributed by atoms with E-state index in [-0.39, 0.29) is 12.4 Å². The SMILES string of the molecule is Cc1ccc(-c2ccccc2C(N)C(=O)O)s1.Cl. The highest BCUT2D eigenvalue weighted by molar-refractivity contribution is 7.15. The van der Waals surface area contributed by atoms with Crippen LogP contribution in [0, 0.1) is 6.92 Å². The van der Waals surface area contributed by atoms with Crippen LogP contribution in [0.1, 0.15) is 16.5 Å². The molecule has 0 aliphatic heterocycles. The molecule has 0 amide bonds. The Morgan fingerprint density at radius 1 is 1.28 bits per heavy atom. The van der Waals surface area contributed by atoms with Crippen molar-refractivity contribution in [3.05, 3.63) is 46.8 Å². The highest BCUT2D eigenvalue weighted by Gasteiger charge is 2.18. The third-order valence-electron chi connectivity index (χ3n) is 2.57. The lowest BCUT2D eigenvalue weighted by Crippen LogP contribution is -2.21. The Hall–Kier alpha value is -1.36. The predicted molar refractivity (Wildman–Crippen MR) is 76.3 cm³/mol. The summed E-state index contributed by atoms with van der Waals surface area (Å²) in [7, 11) is 0. The standard InChI is InChI=1S/C13H13NO2S.ClH/c1-8-6-7-11(17-8)9-4-2-3-5-10(9)12(14)13(15)16;/h2-7,12H,14H2,1H3,(H,15,16);1H. The Bertz CT molecular complexity index is 553. The monoisotopic (exact) mass is 283 g/mol. The van der Waals surface area contributed by atoms with Gasteiger partial charge in [0.2, 0.25) is 0 Å². The van der Waals surface area contributed by atoms with Crippen LogP contribution in [0.4, 0.5) is 0 Å². The normalized spacial score (nSPS) is 11.7. The first kappa shape index (κ1) is 14.7. The summed E-state index contributed by atoms with van der Waals surface area (Å²) >= 11 is 1.64. The maximum absolute atomic E-state index is 11.0. The predicted octanol–water partition coefficient (Wildman–Crippen LogP) is 3.23. The van der Waals surface area contributed by atoms with Crippen LogP contribution in [-0.2, 0) is 4.79 Å². The van der Waals surface area contributed by atoms with Gasteiger partial charge in [-0.25, -0.2) is 0 Å². The molecule has 5 heteroatoms. The number of carboxylic acids is 1. The van der Waals surface area contributed by atoms with Crippen LogP contribution >= 0.6 is 23.7 Å². The first-order valence-electron chi connectivity index (χ1n) is 5.23. The smallest absolute Gasteiger partial charge is 0.325 e. The van der Waals surface area contributed by atoms with Gasteiger partial charge in [-0.3, -0.25) is 4.79 Å². The molecular formula is C13H14ClNO2S. The third-order valence-corrected chi connectivity index (χ3v) is 3.60. The Balaban J connectivity index is 0.00000162. The van der Waals surface area contributed by atoms with Crippen molar-refractivity contribution in [3.63, 3.8) is 0 Å². The van der Waals surface area contributed by atoms with Crippen LogP contribution in [0.5, 0.6) is 0 Å². The number of nitrogens with two attached hydrogens (primary N) is 1. The largest absolute Gasteiger partial charge is 0.480 e. The second-order valence-corrected chi connectivity index (χ2v) is 5.10. The zero-order valence-corrected chi connectivity index (χ0v) is 11.4. The fraction of sp³-hybridized carbons (Fsp3) is 0.154. The second kappa shape index (κ2) is 6.00. The Kier molecular flexibility index (Phi) is 4.90. The third kappa shape index (κ3) is 2.90. The number of carboxylic acid groups (broad SMARTS) is 1. The Morgan fingerprint density at radius 2 is 1.94 bits per heavy atom. The van der Waals surface area contributed by atoms with Gasteiger partial charge in [-0.05, 0) is 30.2 Å². The Labute approximate surface area is 116 Å². The van der Waals surface area contributed by atoms with Crippen LogP contribution in [-0.4, -0.2) is 11.1 Å².